The standard InChI is InChI=1S/C21H20ClNO6/c22-16-5-2-14(3-6-16)21(26)23-9-8-20(25)29-13-17(24)15-4-7-18-19(12-15)28-11-1-10-27-18/h2-7,12H,1,8-11,13H2,(H,23,26). The van der Waals surface area contributed by atoms with Crippen molar-refractivity contribution in [1.82, 2.24) is 5.32 Å². The van der Waals surface area contributed by atoms with Crippen LogP contribution in [0.5, 0.6) is 11.5 Å². The lowest BCUT2D eigenvalue weighted by atomic mass is 10.1. The fraction of sp³-hybridized carbons (Fsp3) is 0.286. The van der Waals surface area contributed by atoms with Gasteiger partial charge in [0.25, 0.3) is 5.91 Å². The normalized spacial score (nSPS) is 12.6. The van der Waals surface area contributed by atoms with E-state index >= 15 is 0 Å². The Morgan fingerprint density at radius 1 is 0.966 bits per heavy atom. The summed E-state index contributed by atoms with van der Waals surface area (Å²) in [6, 6.07) is 11.3. The third-order valence-electron chi connectivity index (χ3n) is 4.15. The third-order valence-corrected chi connectivity index (χ3v) is 4.41. The molecule has 0 fully saturated rings. The summed E-state index contributed by atoms with van der Waals surface area (Å²) in [6.45, 7) is 0.788. The number of amides is 1. The van der Waals surface area contributed by atoms with Crippen LogP contribution in [0.1, 0.15) is 33.6 Å². The molecule has 8 heteroatoms. The first-order chi connectivity index (χ1) is 14.0. The number of carbonyl (C=O) groups is 3. The molecule has 3 rings (SSSR count). The molecule has 1 aliphatic heterocycles. The van der Waals surface area contributed by atoms with Gasteiger partial charge in [-0.1, -0.05) is 11.6 Å². The monoisotopic (exact) mass is 417 g/mol. The van der Waals surface area contributed by atoms with Gasteiger partial charge in [0.05, 0.1) is 19.6 Å². The minimum absolute atomic E-state index is 0.0479. The van der Waals surface area contributed by atoms with Gasteiger partial charge in [-0.2, -0.15) is 0 Å². The number of hydrogen-bond acceptors (Lipinski definition) is 6. The number of hydrogen-bond donors (Lipinski definition) is 1. The van der Waals surface area contributed by atoms with E-state index in [4.69, 9.17) is 25.8 Å². The molecule has 1 heterocycles. The van der Waals surface area contributed by atoms with E-state index in [1.54, 1.807) is 42.5 Å². The molecule has 1 N–H and O–H groups in total. The summed E-state index contributed by atoms with van der Waals surface area (Å²) < 4.78 is 16.1. The molecule has 2 aromatic rings. The number of Topliss-reactive ketones (excluding diaryl/α,β-unsaturated/α-hetero) is 1. The van der Waals surface area contributed by atoms with Gasteiger partial charge in [-0.3, -0.25) is 14.4 Å². The Labute approximate surface area is 172 Å². The Balaban J connectivity index is 1.42. The highest BCUT2D eigenvalue weighted by Crippen LogP contribution is 2.30. The molecule has 0 unspecified atom stereocenters. The number of esters is 1. The topological polar surface area (TPSA) is 90.9 Å². The zero-order valence-corrected chi connectivity index (χ0v) is 16.4. The molecule has 0 saturated heterocycles. The van der Waals surface area contributed by atoms with E-state index < -0.39 is 5.97 Å². The van der Waals surface area contributed by atoms with E-state index in [0.29, 0.717) is 40.9 Å². The van der Waals surface area contributed by atoms with Crippen molar-refractivity contribution in [2.24, 2.45) is 0 Å². The molecule has 0 radical (unpaired) electrons. The van der Waals surface area contributed by atoms with Gasteiger partial charge in [0, 0.05) is 29.1 Å². The van der Waals surface area contributed by atoms with Gasteiger partial charge in [-0.15, -0.1) is 0 Å². The summed E-state index contributed by atoms with van der Waals surface area (Å²) in [7, 11) is 0. The average molecular weight is 418 g/mol. The van der Waals surface area contributed by atoms with Gasteiger partial charge in [0.1, 0.15) is 0 Å². The van der Waals surface area contributed by atoms with Crippen molar-refractivity contribution in [3.8, 4) is 11.5 Å². The van der Waals surface area contributed by atoms with E-state index in [1.165, 1.54) is 0 Å². The number of halogens is 1. The molecule has 0 bridgehead atoms. The molecule has 0 atom stereocenters. The zero-order valence-electron chi connectivity index (χ0n) is 15.6. The van der Waals surface area contributed by atoms with Crippen molar-refractivity contribution in [2.75, 3.05) is 26.4 Å². The van der Waals surface area contributed by atoms with Crippen LogP contribution >= 0.6 is 11.6 Å². The zero-order chi connectivity index (χ0) is 20.6. The van der Waals surface area contributed by atoms with Gasteiger partial charge in [0.2, 0.25) is 0 Å². The SMILES string of the molecule is O=C(CCNC(=O)c1ccc(Cl)cc1)OCC(=O)c1ccc2c(c1)OCCCO2. The second-order valence-electron chi connectivity index (χ2n) is 6.31. The molecule has 1 amide bonds. The summed E-state index contributed by atoms with van der Waals surface area (Å²) in [6.07, 6.45) is 0.720. The molecule has 0 aromatic heterocycles. The predicted octanol–water partition coefficient (Wildman–Crippen LogP) is 3.05. The fourth-order valence-corrected chi connectivity index (χ4v) is 2.75. The van der Waals surface area contributed by atoms with Crippen molar-refractivity contribution in [3.63, 3.8) is 0 Å². The van der Waals surface area contributed by atoms with Gasteiger partial charge in [-0.05, 0) is 42.5 Å². The lowest BCUT2D eigenvalue weighted by Gasteiger charge is -2.09. The molecule has 7 nitrogen and oxygen atoms in total. The summed E-state index contributed by atoms with van der Waals surface area (Å²) in [5.41, 5.74) is 0.811. The minimum atomic E-state index is -0.580. The molecule has 1 aliphatic rings. The molecule has 0 spiro atoms. The van der Waals surface area contributed by atoms with Crippen LogP contribution in [0.25, 0.3) is 0 Å². The van der Waals surface area contributed by atoms with E-state index in [1.807, 2.05) is 0 Å². The van der Waals surface area contributed by atoms with Crippen LogP contribution in [0.4, 0.5) is 0 Å². The maximum atomic E-state index is 12.3. The Morgan fingerprint density at radius 3 is 2.41 bits per heavy atom. The van der Waals surface area contributed by atoms with Crippen LogP contribution in [0.3, 0.4) is 0 Å². The second kappa shape index (κ2) is 9.93. The van der Waals surface area contributed by atoms with Gasteiger partial charge in [0.15, 0.2) is 23.9 Å². The quantitative estimate of drug-likeness (QED) is 0.550. The first-order valence-electron chi connectivity index (χ1n) is 9.15. The number of ether oxygens (including phenoxy) is 3. The predicted molar refractivity (Wildman–Crippen MR) is 106 cm³/mol. The Bertz CT molecular complexity index is 897. The van der Waals surface area contributed by atoms with Gasteiger partial charge >= 0.3 is 5.97 Å². The lowest BCUT2D eigenvalue weighted by Crippen LogP contribution is -2.27. The smallest absolute Gasteiger partial charge is 0.308 e. The van der Waals surface area contributed by atoms with Crippen molar-refractivity contribution in [2.45, 2.75) is 12.8 Å². The van der Waals surface area contributed by atoms with E-state index in [9.17, 15) is 14.4 Å². The van der Waals surface area contributed by atoms with Crippen LogP contribution in [-0.4, -0.2) is 44.0 Å². The van der Waals surface area contributed by atoms with E-state index in [2.05, 4.69) is 5.32 Å². The number of fused-ring (bicyclic) bond motifs is 1. The second-order valence-corrected chi connectivity index (χ2v) is 6.75. The number of benzene rings is 2. The van der Waals surface area contributed by atoms with Crippen LogP contribution in [0, 0.1) is 0 Å². The van der Waals surface area contributed by atoms with Crippen LogP contribution < -0.4 is 14.8 Å². The highest BCUT2D eigenvalue weighted by atomic mass is 35.5. The first kappa shape index (κ1) is 20.7. The minimum Gasteiger partial charge on any atom is -0.490 e. The molecule has 0 aliphatic carbocycles. The molecular formula is C21H20ClNO6. The van der Waals surface area contributed by atoms with Crippen LogP contribution in [-0.2, 0) is 9.53 Å². The van der Waals surface area contributed by atoms with E-state index in [-0.39, 0.29) is 31.3 Å². The highest BCUT2D eigenvalue weighted by Gasteiger charge is 2.16. The number of ketones is 1. The highest BCUT2D eigenvalue weighted by molar-refractivity contribution is 6.30. The largest absolute Gasteiger partial charge is 0.490 e. The maximum absolute atomic E-state index is 12.3. The van der Waals surface area contributed by atoms with Crippen molar-refractivity contribution >= 4 is 29.3 Å². The van der Waals surface area contributed by atoms with Gasteiger partial charge < -0.3 is 19.5 Å². The Kier molecular flexibility index (Phi) is 7.08. The van der Waals surface area contributed by atoms with Crippen molar-refractivity contribution in [1.29, 1.82) is 0 Å². The third kappa shape index (κ3) is 5.96. The summed E-state index contributed by atoms with van der Waals surface area (Å²) in [4.78, 5) is 36.0. The molecule has 29 heavy (non-hydrogen) atoms. The molecule has 2 aromatic carbocycles. The summed E-state index contributed by atoms with van der Waals surface area (Å²) in [5, 5.41) is 3.14. The molecule has 0 saturated carbocycles. The maximum Gasteiger partial charge on any atom is 0.308 e. The van der Waals surface area contributed by atoms with Crippen molar-refractivity contribution in [3.05, 3.63) is 58.6 Å². The van der Waals surface area contributed by atoms with Crippen LogP contribution in [0.15, 0.2) is 42.5 Å². The number of rotatable bonds is 7. The number of carbonyl (C=O) groups excluding carboxylic acids is 3. The Hall–Kier alpha value is -3.06. The van der Waals surface area contributed by atoms with Gasteiger partial charge in [-0.25, -0.2) is 0 Å². The Morgan fingerprint density at radius 2 is 1.66 bits per heavy atom. The fourth-order valence-electron chi connectivity index (χ4n) is 2.62. The lowest BCUT2D eigenvalue weighted by molar-refractivity contribution is -0.142. The molecule has 152 valence electrons. The van der Waals surface area contributed by atoms with Crippen LogP contribution in [0.2, 0.25) is 5.02 Å². The summed E-state index contributed by atoms with van der Waals surface area (Å²) in [5.74, 6) is -0.155. The summed E-state index contributed by atoms with van der Waals surface area (Å²) >= 11 is 5.78. The number of nitrogens with one attached hydrogen (secondary N) is 1. The van der Waals surface area contributed by atoms with Crippen molar-refractivity contribution < 1.29 is 28.6 Å². The average Bonchev–Trinajstić information content (AvgIpc) is 2.97. The molecular weight excluding hydrogens is 398 g/mol. The first-order valence-corrected chi connectivity index (χ1v) is 9.53. The van der Waals surface area contributed by atoms with E-state index in [0.717, 1.165) is 6.42 Å².